The van der Waals surface area contributed by atoms with Crippen molar-refractivity contribution >= 4 is 17.0 Å². The van der Waals surface area contributed by atoms with Crippen LogP contribution in [0.1, 0.15) is 18.1 Å². The number of hydrogen-bond acceptors (Lipinski definition) is 5. The van der Waals surface area contributed by atoms with Crippen molar-refractivity contribution in [2.75, 3.05) is 5.73 Å². The Morgan fingerprint density at radius 3 is 2.60 bits per heavy atom. The maximum absolute atomic E-state index is 6.00. The smallest absolute Gasteiger partial charge is 0.270 e. The van der Waals surface area contributed by atoms with Crippen LogP contribution in [0.2, 0.25) is 0 Å². The highest BCUT2D eigenvalue weighted by Crippen LogP contribution is 2.34. The summed E-state index contributed by atoms with van der Waals surface area (Å²) in [6.07, 6.45) is 1.02. The molecule has 0 fully saturated rings. The normalized spacial score (nSPS) is 10.9. The molecular formula is C15H15N3OS. The van der Waals surface area contributed by atoms with Gasteiger partial charge in [0.25, 0.3) is 5.89 Å². The van der Waals surface area contributed by atoms with E-state index in [1.165, 1.54) is 16.9 Å². The van der Waals surface area contributed by atoms with Crippen molar-refractivity contribution in [3.8, 4) is 22.2 Å². The fourth-order valence-electron chi connectivity index (χ4n) is 1.94. The van der Waals surface area contributed by atoms with Gasteiger partial charge in [-0.05, 0) is 29.9 Å². The van der Waals surface area contributed by atoms with Crippen LogP contribution in [0.3, 0.4) is 0 Å². The molecule has 2 N–H and O–H groups in total. The molecule has 4 nitrogen and oxygen atoms in total. The van der Waals surface area contributed by atoms with E-state index in [9.17, 15) is 0 Å². The van der Waals surface area contributed by atoms with E-state index in [0.29, 0.717) is 17.4 Å². The summed E-state index contributed by atoms with van der Waals surface area (Å²) in [5, 5.41) is 6.02. The minimum atomic E-state index is 0.482. The average molecular weight is 285 g/mol. The lowest BCUT2D eigenvalue weighted by Gasteiger charge is -1.97. The Kier molecular flexibility index (Phi) is 3.28. The molecule has 20 heavy (non-hydrogen) atoms. The maximum Gasteiger partial charge on any atom is 0.270 e. The quantitative estimate of drug-likeness (QED) is 0.792. The molecule has 0 saturated carbocycles. The number of nitrogens with zero attached hydrogens (tertiary/aromatic N) is 2. The van der Waals surface area contributed by atoms with Crippen LogP contribution in [0, 0.1) is 6.92 Å². The summed E-state index contributed by atoms with van der Waals surface area (Å²) in [5.74, 6) is 1.07. The Bertz CT molecular complexity index is 728. The van der Waals surface area contributed by atoms with Crippen molar-refractivity contribution in [1.29, 1.82) is 0 Å². The molecule has 3 aromatic rings. The molecule has 3 rings (SSSR count). The largest absolute Gasteiger partial charge is 0.397 e. The predicted octanol–water partition coefficient (Wildman–Crippen LogP) is 3.92. The van der Waals surface area contributed by atoms with E-state index >= 15 is 0 Å². The van der Waals surface area contributed by atoms with Crippen LogP contribution in [-0.2, 0) is 6.42 Å². The molecule has 102 valence electrons. The van der Waals surface area contributed by atoms with E-state index in [0.717, 1.165) is 22.4 Å². The summed E-state index contributed by atoms with van der Waals surface area (Å²) in [6, 6.07) is 8.18. The van der Waals surface area contributed by atoms with Crippen LogP contribution in [0.5, 0.6) is 0 Å². The van der Waals surface area contributed by atoms with E-state index in [2.05, 4.69) is 29.2 Å². The van der Waals surface area contributed by atoms with Gasteiger partial charge in [-0.15, -0.1) is 11.3 Å². The molecule has 5 heteroatoms. The molecule has 0 atom stereocenters. The van der Waals surface area contributed by atoms with Crippen LogP contribution in [0.25, 0.3) is 22.2 Å². The second kappa shape index (κ2) is 5.09. The third-order valence-electron chi connectivity index (χ3n) is 3.26. The molecule has 2 heterocycles. The topological polar surface area (TPSA) is 64.9 Å². The number of hydrogen-bond donors (Lipinski definition) is 1. The third-order valence-corrected chi connectivity index (χ3v) is 4.37. The van der Waals surface area contributed by atoms with Gasteiger partial charge >= 0.3 is 0 Å². The number of anilines is 1. The van der Waals surface area contributed by atoms with E-state index in [1.54, 1.807) is 0 Å². The van der Waals surface area contributed by atoms with E-state index in [4.69, 9.17) is 10.3 Å². The van der Waals surface area contributed by atoms with Gasteiger partial charge in [0.1, 0.15) is 4.88 Å². The number of rotatable bonds is 3. The van der Waals surface area contributed by atoms with Crippen LogP contribution < -0.4 is 5.73 Å². The highest BCUT2D eigenvalue weighted by Gasteiger charge is 2.15. The molecule has 0 unspecified atom stereocenters. The molecular weight excluding hydrogens is 270 g/mol. The van der Waals surface area contributed by atoms with Crippen LogP contribution in [-0.4, -0.2) is 10.1 Å². The van der Waals surface area contributed by atoms with E-state index in [1.807, 2.05) is 24.4 Å². The van der Waals surface area contributed by atoms with Crippen molar-refractivity contribution in [3.05, 3.63) is 40.8 Å². The monoisotopic (exact) mass is 285 g/mol. The van der Waals surface area contributed by atoms with Gasteiger partial charge in [0.15, 0.2) is 0 Å². The Balaban J connectivity index is 1.95. The predicted molar refractivity (Wildman–Crippen MR) is 81.6 cm³/mol. The van der Waals surface area contributed by atoms with Crippen LogP contribution >= 0.6 is 11.3 Å². The fraction of sp³-hybridized carbons (Fsp3) is 0.200. The van der Waals surface area contributed by atoms with Gasteiger partial charge in [0.2, 0.25) is 5.82 Å². The van der Waals surface area contributed by atoms with Crippen molar-refractivity contribution in [1.82, 2.24) is 10.1 Å². The summed E-state index contributed by atoms with van der Waals surface area (Å²) in [4.78, 5) is 5.27. The molecule has 0 bridgehead atoms. The Morgan fingerprint density at radius 2 is 2.00 bits per heavy atom. The number of aryl methyl sites for hydroxylation is 2. The first-order chi connectivity index (χ1) is 9.69. The van der Waals surface area contributed by atoms with E-state index in [-0.39, 0.29) is 0 Å². The molecule has 0 saturated heterocycles. The number of benzene rings is 1. The molecule has 0 spiro atoms. The number of nitrogen functional groups attached to an aromatic ring is 1. The standard InChI is InChI=1S/C15H15N3OS/c1-3-10-4-6-11(7-5-10)14-17-15(19-18-14)13-12(16)9(2)8-20-13/h4-8H,3,16H2,1-2H3. The van der Waals surface area contributed by atoms with Gasteiger partial charge < -0.3 is 10.3 Å². The molecule has 0 aliphatic carbocycles. The Labute approximate surface area is 121 Å². The fourth-order valence-corrected chi connectivity index (χ4v) is 2.83. The molecule has 2 aromatic heterocycles. The zero-order chi connectivity index (χ0) is 14.1. The van der Waals surface area contributed by atoms with Crippen molar-refractivity contribution in [3.63, 3.8) is 0 Å². The highest BCUT2D eigenvalue weighted by atomic mass is 32.1. The molecule has 0 aliphatic rings. The van der Waals surface area contributed by atoms with Crippen molar-refractivity contribution in [2.45, 2.75) is 20.3 Å². The van der Waals surface area contributed by atoms with E-state index < -0.39 is 0 Å². The number of aromatic nitrogens is 2. The summed E-state index contributed by atoms with van der Waals surface area (Å²) < 4.78 is 5.33. The number of nitrogens with two attached hydrogens (primary N) is 1. The van der Waals surface area contributed by atoms with Crippen molar-refractivity contribution in [2.24, 2.45) is 0 Å². The summed E-state index contributed by atoms with van der Waals surface area (Å²) in [7, 11) is 0. The van der Waals surface area contributed by atoms with Gasteiger partial charge in [0.05, 0.1) is 5.69 Å². The van der Waals surface area contributed by atoms with Gasteiger partial charge in [-0.2, -0.15) is 4.98 Å². The second-order valence-electron chi connectivity index (χ2n) is 4.64. The summed E-state index contributed by atoms with van der Waals surface area (Å²) in [6.45, 7) is 4.10. The lowest BCUT2D eigenvalue weighted by Crippen LogP contribution is -1.87. The van der Waals surface area contributed by atoms with Gasteiger partial charge in [-0.3, -0.25) is 0 Å². The first kappa shape index (κ1) is 12.9. The number of thiophene rings is 1. The second-order valence-corrected chi connectivity index (χ2v) is 5.51. The van der Waals surface area contributed by atoms with Gasteiger partial charge in [-0.25, -0.2) is 0 Å². The van der Waals surface area contributed by atoms with Crippen LogP contribution in [0.15, 0.2) is 34.2 Å². The zero-order valence-corrected chi connectivity index (χ0v) is 12.2. The van der Waals surface area contributed by atoms with Gasteiger partial charge in [0, 0.05) is 5.56 Å². The lowest BCUT2D eigenvalue weighted by molar-refractivity contribution is 0.433. The summed E-state index contributed by atoms with van der Waals surface area (Å²) >= 11 is 1.52. The minimum absolute atomic E-state index is 0.482. The third kappa shape index (κ3) is 2.20. The van der Waals surface area contributed by atoms with Gasteiger partial charge in [-0.1, -0.05) is 36.3 Å². The maximum atomic E-state index is 6.00. The highest BCUT2D eigenvalue weighted by molar-refractivity contribution is 7.14. The summed E-state index contributed by atoms with van der Waals surface area (Å²) in [5.41, 5.74) is 9.99. The molecule has 0 radical (unpaired) electrons. The zero-order valence-electron chi connectivity index (χ0n) is 11.4. The lowest BCUT2D eigenvalue weighted by atomic mass is 10.1. The first-order valence-electron chi connectivity index (χ1n) is 6.46. The Morgan fingerprint density at radius 1 is 1.25 bits per heavy atom. The molecule has 0 amide bonds. The average Bonchev–Trinajstić information content (AvgIpc) is 3.08. The van der Waals surface area contributed by atoms with Crippen LogP contribution in [0.4, 0.5) is 5.69 Å². The molecule has 0 aliphatic heterocycles. The Hall–Kier alpha value is -2.14. The SMILES string of the molecule is CCc1ccc(-c2noc(-c3scc(C)c3N)n2)cc1. The van der Waals surface area contributed by atoms with Crippen molar-refractivity contribution < 1.29 is 4.52 Å². The molecule has 1 aromatic carbocycles. The first-order valence-corrected chi connectivity index (χ1v) is 7.34. The minimum Gasteiger partial charge on any atom is -0.397 e.